The molecule has 0 saturated heterocycles. The van der Waals surface area contributed by atoms with Gasteiger partial charge in [-0.2, -0.15) is 0 Å². The van der Waals surface area contributed by atoms with Crippen LogP contribution in [0.25, 0.3) is 89.5 Å². The predicted octanol–water partition coefficient (Wildman–Crippen LogP) is 21.1. The molecule has 0 amide bonds. The lowest BCUT2D eigenvalue weighted by Crippen LogP contribution is -2.31. The molecule has 4 heteroatoms. The highest BCUT2D eigenvalue weighted by molar-refractivity contribution is 5.86. The average molecular weight is 1300 g/mol. The highest BCUT2D eigenvalue weighted by Gasteiger charge is 2.30. The number of aromatic nitrogens is 4. The van der Waals surface area contributed by atoms with Gasteiger partial charge in [-0.3, -0.25) is 0 Å². The van der Waals surface area contributed by atoms with E-state index < -0.39 is 0 Å². The van der Waals surface area contributed by atoms with Gasteiger partial charge < -0.3 is 0 Å². The molecule has 0 bridgehead atoms. The molecule has 0 atom stereocenters. The van der Waals surface area contributed by atoms with Crippen molar-refractivity contribution in [3.05, 3.63) is 305 Å². The molecule has 16 rings (SSSR count). The van der Waals surface area contributed by atoms with E-state index in [9.17, 15) is 0 Å². The summed E-state index contributed by atoms with van der Waals surface area (Å²) < 4.78 is 8.97. The van der Waals surface area contributed by atoms with Crippen molar-refractivity contribution >= 4 is 0 Å². The third kappa shape index (κ3) is 13.3. The summed E-state index contributed by atoms with van der Waals surface area (Å²) in [6.07, 6.45) is 14.1. The number of benzene rings is 8. The number of aryl methyl sites for hydroxylation is 11. The molecular weight excluding hydrogens is 1200 g/mol. The van der Waals surface area contributed by atoms with Crippen LogP contribution in [0.1, 0.15) is 157 Å². The van der Waals surface area contributed by atoms with Crippen molar-refractivity contribution < 1.29 is 18.3 Å². The molecule has 0 aliphatic heterocycles. The molecule has 12 aromatic rings. The maximum Gasteiger partial charge on any atom is 0.212 e. The monoisotopic (exact) mass is 1300 g/mol. The summed E-state index contributed by atoms with van der Waals surface area (Å²) >= 11 is 0. The Kier molecular flexibility index (Phi) is 18.4. The van der Waals surface area contributed by atoms with Crippen molar-refractivity contribution in [2.75, 3.05) is 0 Å². The van der Waals surface area contributed by atoms with Crippen molar-refractivity contribution in [3.63, 3.8) is 0 Å². The van der Waals surface area contributed by atoms with Gasteiger partial charge in [0, 0.05) is 70.3 Å². The van der Waals surface area contributed by atoms with Gasteiger partial charge in [0.1, 0.15) is 28.2 Å². The third-order valence-electron chi connectivity index (χ3n) is 22.0. The highest BCUT2D eigenvalue weighted by atomic mass is 14.9. The molecule has 0 unspecified atom stereocenters. The minimum atomic E-state index is 0.295. The summed E-state index contributed by atoms with van der Waals surface area (Å²) in [5.41, 5.74) is 51.9. The minimum Gasteiger partial charge on any atom is -0.201 e. The first-order valence-corrected chi connectivity index (χ1v) is 36.0. The summed E-state index contributed by atoms with van der Waals surface area (Å²) in [6, 6.07) is 61.9. The van der Waals surface area contributed by atoms with Crippen molar-refractivity contribution in [3.8, 4) is 89.5 Å². The van der Waals surface area contributed by atoms with Gasteiger partial charge in [-0.1, -0.05) is 154 Å². The van der Waals surface area contributed by atoms with E-state index in [1.807, 2.05) is 0 Å². The molecule has 498 valence electrons. The minimum absolute atomic E-state index is 0.295. The van der Waals surface area contributed by atoms with Gasteiger partial charge >= 0.3 is 0 Å². The van der Waals surface area contributed by atoms with Gasteiger partial charge in [-0.25, -0.2) is 18.3 Å². The van der Waals surface area contributed by atoms with E-state index >= 15 is 0 Å². The SMILES string of the molecule is Cc1ccc2c(c1)Cc1c-2ccc(-c2cc(C(C)C)cc[n+]2C)c1C.Cc1ccc2c(c1)Cc1c-2ccc(-c2cc(C)c(C)c[n+]2C)c1C.Cc1ccc2c(c1)Cc1c-2ccc(-c2cc(C)cc[n+]2C)c1C.Cc1ccc2c(c1)Cc1c-2ccc(-c2cc(CC(C)(C)C)cc[n+]2C)c1C. The first kappa shape index (κ1) is 67.9. The number of hydrogen-bond donors (Lipinski definition) is 0. The Bertz CT molecular complexity index is 5230. The molecule has 0 radical (unpaired) electrons. The second kappa shape index (κ2) is 26.9. The zero-order valence-corrected chi connectivity index (χ0v) is 62.8. The van der Waals surface area contributed by atoms with Gasteiger partial charge in [0.2, 0.25) is 22.8 Å². The molecule has 4 nitrogen and oxygen atoms in total. The standard InChI is InChI=1S/C26H30N.C24H26N.C23H24N.C22H22N/c1-17-7-8-22-20(13-17)15-24-18(2)21(9-10-23(22)24)25-14-19(11-12-27(25)6)16-26(3,4)5;1-15(2)18-10-11-25(5)24(14-18)20-8-9-22-21-7-6-16(3)12-19(21)13-23(22)17(20)4;1-14-6-7-20-18(10-14)12-22-17(4)19(8-9-21(20)22)23-11-15(2)16(3)13-24(23)5;1-14-5-6-19-17(11-14)13-21-16(3)18(7-8-20(19)21)22-12-15(2)9-10-23(22)4/h7-14H,15-16H2,1-6H3;6-12,14-15H,13H2,1-5H3;6-11,13H,12H2,1-5H3;5-12H,13H2,1-4H3/q4*+1. The Morgan fingerprint density at radius 3 is 0.970 bits per heavy atom. The summed E-state index contributed by atoms with van der Waals surface area (Å²) in [7, 11) is 8.57. The number of nitrogens with zero attached hydrogens (tertiary/aromatic N) is 4. The Labute approximate surface area is 592 Å². The van der Waals surface area contributed by atoms with Crippen molar-refractivity contribution in [1.29, 1.82) is 0 Å². The molecule has 0 spiro atoms. The van der Waals surface area contributed by atoms with Crippen LogP contribution in [0.2, 0.25) is 0 Å². The number of fused-ring (bicyclic) bond motifs is 12. The predicted molar refractivity (Wildman–Crippen MR) is 415 cm³/mol. The van der Waals surface area contributed by atoms with Gasteiger partial charge in [-0.05, 0) is 277 Å². The summed E-state index contributed by atoms with van der Waals surface area (Å²) in [5.74, 6) is 0.543. The molecule has 0 N–H and O–H groups in total. The van der Waals surface area contributed by atoms with Crippen LogP contribution < -0.4 is 18.3 Å². The quantitative estimate of drug-likeness (QED) is 0.148. The lowest BCUT2D eigenvalue weighted by Gasteiger charge is -2.18. The molecule has 4 aromatic heterocycles. The zero-order valence-electron chi connectivity index (χ0n) is 62.8. The van der Waals surface area contributed by atoms with Crippen molar-refractivity contribution in [2.45, 2.75) is 149 Å². The first-order valence-electron chi connectivity index (χ1n) is 36.0. The van der Waals surface area contributed by atoms with Gasteiger partial charge in [0.15, 0.2) is 24.8 Å². The van der Waals surface area contributed by atoms with Crippen LogP contribution in [0.5, 0.6) is 0 Å². The molecule has 4 aliphatic carbocycles. The summed E-state index contributed by atoms with van der Waals surface area (Å²) in [6.45, 7) is 35.8. The fourth-order valence-corrected chi connectivity index (χ4v) is 16.3. The highest BCUT2D eigenvalue weighted by Crippen LogP contribution is 2.46. The van der Waals surface area contributed by atoms with Gasteiger partial charge in [0.25, 0.3) is 0 Å². The molecule has 4 heterocycles. The largest absolute Gasteiger partial charge is 0.212 e. The van der Waals surface area contributed by atoms with Crippen LogP contribution in [0.15, 0.2) is 189 Å². The maximum atomic E-state index is 2.38. The first-order chi connectivity index (χ1) is 47.2. The molecule has 0 fully saturated rings. The summed E-state index contributed by atoms with van der Waals surface area (Å²) in [4.78, 5) is 0. The van der Waals surface area contributed by atoms with Crippen LogP contribution in [-0.2, 0) is 60.3 Å². The lowest BCUT2D eigenvalue weighted by molar-refractivity contribution is -0.660. The van der Waals surface area contributed by atoms with E-state index in [-0.39, 0.29) is 0 Å². The smallest absolute Gasteiger partial charge is 0.201 e. The number of pyridine rings is 4. The van der Waals surface area contributed by atoms with E-state index in [1.165, 1.54) is 206 Å². The Morgan fingerprint density at radius 1 is 0.303 bits per heavy atom. The average Bonchev–Trinajstić information content (AvgIpc) is 1.66. The Hall–Kier alpha value is -9.64. The zero-order chi connectivity index (χ0) is 70.2. The van der Waals surface area contributed by atoms with Crippen LogP contribution in [0.3, 0.4) is 0 Å². The Balaban J connectivity index is 0.000000119. The van der Waals surface area contributed by atoms with Crippen LogP contribution >= 0.6 is 0 Å². The third-order valence-corrected chi connectivity index (χ3v) is 22.0. The number of hydrogen-bond acceptors (Lipinski definition) is 0. The van der Waals surface area contributed by atoms with Gasteiger partial charge in [-0.15, -0.1) is 0 Å². The van der Waals surface area contributed by atoms with E-state index in [1.54, 1.807) is 0 Å². The van der Waals surface area contributed by atoms with Crippen LogP contribution in [0, 0.1) is 81.6 Å². The summed E-state index contributed by atoms with van der Waals surface area (Å²) in [5, 5.41) is 0. The Morgan fingerprint density at radius 2 is 0.606 bits per heavy atom. The lowest BCUT2D eigenvalue weighted by atomic mass is 9.87. The van der Waals surface area contributed by atoms with Gasteiger partial charge in [0.05, 0.1) is 0 Å². The van der Waals surface area contributed by atoms with E-state index in [4.69, 9.17) is 0 Å². The molecule has 4 aliphatic rings. The number of rotatable bonds is 6. The fourth-order valence-electron chi connectivity index (χ4n) is 16.3. The molecule has 99 heavy (non-hydrogen) atoms. The normalized spacial score (nSPS) is 12.4. The second-order valence-corrected chi connectivity index (χ2v) is 31.1. The van der Waals surface area contributed by atoms with E-state index in [2.05, 4.69) is 346 Å². The van der Waals surface area contributed by atoms with E-state index in [0.717, 1.165) is 32.1 Å². The molecular formula is C95H102N4+4. The molecule has 0 saturated carbocycles. The van der Waals surface area contributed by atoms with Crippen LogP contribution in [-0.4, -0.2) is 0 Å². The topological polar surface area (TPSA) is 15.5 Å². The van der Waals surface area contributed by atoms with Crippen molar-refractivity contribution in [2.24, 2.45) is 33.6 Å². The second-order valence-electron chi connectivity index (χ2n) is 31.1. The maximum absolute atomic E-state index is 2.38. The van der Waals surface area contributed by atoms with E-state index in [0.29, 0.717) is 11.3 Å². The fraction of sp³-hybridized carbons (Fsp3) is 0.284. The molecule has 8 aromatic carbocycles. The van der Waals surface area contributed by atoms with Crippen molar-refractivity contribution in [1.82, 2.24) is 0 Å². The van der Waals surface area contributed by atoms with Crippen LogP contribution in [0.4, 0.5) is 0 Å².